The lowest BCUT2D eigenvalue weighted by molar-refractivity contribution is -0.121. The summed E-state index contributed by atoms with van der Waals surface area (Å²) in [6, 6.07) is 3.56. The molecule has 122 valence electrons. The molecule has 0 spiro atoms. The van der Waals surface area contributed by atoms with Crippen LogP contribution in [0.1, 0.15) is 18.9 Å². The van der Waals surface area contributed by atoms with E-state index in [4.69, 9.17) is 9.47 Å². The van der Waals surface area contributed by atoms with Gasteiger partial charge in [0.15, 0.2) is 18.1 Å². The number of aliphatic hydroxyl groups excluding tert-OH is 1. The number of hydrogen-bond acceptors (Lipinski definition) is 5. The standard InChI is InChI=1S/C16H24N2O4/c1-4-7-21-14-9-12(10-19)8-13-16(14)22-11-15(20)18(13)6-5-17(2)3/h8-9,19H,4-7,10-11H2,1-3H3. The molecule has 0 aromatic heterocycles. The molecule has 6 nitrogen and oxygen atoms in total. The molecule has 2 rings (SSSR count). The van der Waals surface area contributed by atoms with Gasteiger partial charge in [0, 0.05) is 13.1 Å². The van der Waals surface area contributed by atoms with Crippen LogP contribution in [0, 0.1) is 0 Å². The molecule has 0 aliphatic carbocycles. The van der Waals surface area contributed by atoms with Gasteiger partial charge in [-0.25, -0.2) is 0 Å². The monoisotopic (exact) mass is 308 g/mol. The topological polar surface area (TPSA) is 62.2 Å². The van der Waals surface area contributed by atoms with Crippen LogP contribution in [0.25, 0.3) is 0 Å². The van der Waals surface area contributed by atoms with Crippen LogP contribution in [0.15, 0.2) is 12.1 Å². The molecule has 1 N–H and O–H groups in total. The number of rotatable bonds is 7. The molecule has 22 heavy (non-hydrogen) atoms. The Morgan fingerprint density at radius 2 is 2.18 bits per heavy atom. The fraction of sp³-hybridized carbons (Fsp3) is 0.562. The molecule has 0 bridgehead atoms. The lowest BCUT2D eigenvalue weighted by Gasteiger charge is -2.31. The molecule has 0 radical (unpaired) electrons. The molecule has 1 heterocycles. The third kappa shape index (κ3) is 3.69. The third-order valence-corrected chi connectivity index (χ3v) is 3.44. The number of carbonyl (C=O) groups is 1. The second-order valence-electron chi connectivity index (χ2n) is 5.59. The number of aliphatic hydroxyl groups is 1. The Kier molecular flexibility index (Phi) is 5.63. The fourth-order valence-corrected chi connectivity index (χ4v) is 2.29. The van der Waals surface area contributed by atoms with Gasteiger partial charge in [0.2, 0.25) is 0 Å². The molecule has 1 aliphatic rings. The van der Waals surface area contributed by atoms with Crippen LogP contribution in [-0.2, 0) is 11.4 Å². The van der Waals surface area contributed by atoms with Gasteiger partial charge in [-0.05, 0) is 38.2 Å². The highest BCUT2D eigenvalue weighted by Gasteiger charge is 2.28. The van der Waals surface area contributed by atoms with Crippen LogP contribution >= 0.6 is 0 Å². The zero-order chi connectivity index (χ0) is 16.1. The minimum Gasteiger partial charge on any atom is -0.490 e. The van der Waals surface area contributed by atoms with E-state index < -0.39 is 0 Å². The number of benzene rings is 1. The summed E-state index contributed by atoms with van der Waals surface area (Å²) in [5.74, 6) is 1.10. The van der Waals surface area contributed by atoms with Crippen molar-refractivity contribution in [3.05, 3.63) is 17.7 Å². The highest BCUT2D eigenvalue weighted by atomic mass is 16.5. The van der Waals surface area contributed by atoms with Crippen LogP contribution in [0.5, 0.6) is 11.5 Å². The maximum absolute atomic E-state index is 12.2. The largest absolute Gasteiger partial charge is 0.490 e. The molecule has 1 amide bonds. The Labute approximate surface area is 131 Å². The summed E-state index contributed by atoms with van der Waals surface area (Å²) in [6.07, 6.45) is 0.876. The van der Waals surface area contributed by atoms with Gasteiger partial charge in [-0.15, -0.1) is 0 Å². The number of hydrogen-bond donors (Lipinski definition) is 1. The quantitative estimate of drug-likeness (QED) is 0.821. The van der Waals surface area contributed by atoms with Gasteiger partial charge >= 0.3 is 0 Å². The van der Waals surface area contributed by atoms with E-state index in [1.54, 1.807) is 17.0 Å². The summed E-state index contributed by atoms with van der Waals surface area (Å²) >= 11 is 0. The molecule has 0 fully saturated rings. The number of amides is 1. The molecule has 1 aromatic carbocycles. The summed E-state index contributed by atoms with van der Waals surface area (Å²) in [4.78, 5) is 15.9. The van der Waals surface area contributed by atoms with Crippen LogP contribution in [0.4, 0.5) is 5.69 Å². The SMILES string of the molecule is CCCOc1cc(CO)cc2c1OCC(=O)N2CCN(C)C. The minimum absolute atomic E-state index is 0.0153. The maximum atomic E-state index is 12.2. The zero-order valence-electron chi connectivity index (χ0n) is 13.5. The van der Waals surface area contributed by atoms with Crippen molar-refractivity contribution in [2.45, 2.75) is 20.0 Å². The van der Waals surface area contributed by atoms with Crippen molar-refractivity contribution >= 4 is 11.6 Å². The van der Waals surface area contributed by atoms with Gasteiger partial charge in [-0.3, -0.25) is 4.79 Å². The average Bonchev–Trinajstić information content (AvgIpc) is 2.50. The van der Waals surface area contributed by atoms with E-state index in [2.05, 4.69) is 0 Å². The molecule has 6 heteroatoms. The highest BCUT2D eigenvalue weighted by molar-refractivity contribution is 5.98. The third-order valence-electron chi connectivity index (χ3n) is 3.44. The number of carbonyl (C=O) groups excluding carboxylic acids is 1. The number of anilines is 1. The van der Waals surface area contributed by atoms with Crippen molar-refractivity contribution in [2.24, 2.45) is 0 Å². The first-order valence-corrected chi connectivity index (χ1v) is 7.55. The second-order valence-corrected chi connectivity index (χ2v) is 5.59. The van der Waals surface area contributed by atoms with Crippen LogP contribution in [-0.4, -0.2) is 56.3 Å². The second kappa shape index (κ2) is 7.47. The molecule has 0 unspecified atom stereocenters. The first kappa shape index (κ1) is 16.6. The van der Waals surface area contributed by atoms with Gasteiger partial charge in [-0.1, -0.05) is 6.92 Å². The van der Waals surface area contributed by atoms with E-state index in [-0.39, 0.29) is 19.1 Å². The normalized spacial score (nSPS) is 14.0. The van der Waals surface area contributed by atoms with Crippen molar-refractivity contribution in [3.63, 3.8) is 0 Å². The van der Waals surface area contributed by atoms with Crippen LogP contribution < -0.4 is 14.4 Å². The first-order chi connectivity index (χ1) is 10.6. The molecule has 0 saturated heterocycles. The Balaban J connectivity index is 2.36. The summed E-state index contributed by atoms with van der Waals surface area (Å²) < 4.78 is 11.3. The van der Waals surface area contributed by atoms with E-state index in [0.29, 0.717) is 35.9 Å². The van der Waals surface area contributed by atoms with Crippen molar-refractivity contribution in [1.82, 2.24) is 4.90 Å². The number of ether oxygens (including phenoxy) is 2. The van der Waals surface area contributed by atoms with E-state index in [0.717, 1.165) is 13.0 Å². The predicted octanol–water partition coefficient (Wildman–Crippen LogP) is 1.25. The average molecular weight is 308 g/mol. The molecular weight excluding hydrogens is 284 g/mol. The van der Waals surface area contributed by atoms with Gasteiger partial charge in [0.1, 0.15) is 0 Å². The van der Waals surface area contributed by atoms with Crippen molar-refractivity contribution < 1.29 is 19.4 Å². The Morgan fingerprint density at radius 3 is 2.82 bits per heavy atom. The Hall–Kier alpha value is -1.79. The minimum atomic E-state index is -0.106. The fourth-order valence-electron chi connectivity index (χ4n) is 2.29. The number of nitrogens with zero attached hydrogens (tertiary/aromatic N) is 2. The molecule has 1 aliphatic heterocycles. The van der Waals surface area contributed by atoms with Crippen molar-refractivity contribution in [1.29, 1.82) is 0 Å². The molecule has 0 saturated carbocycles. The predicted molar refractivity (Wildman–Crippen MR) is 84.6 cm³/mol. The summed E-state index contributed by atoms with van der Waals surface area (Å²) in [5.41, 5.74) is 1.38. The molecule has 1 aromatic rings. The lowest BCUT2D eigenvalue weighted by Crippen LogP contribution is -2.42. The Morgan fingerprint density at radius 1 is 1.41 bits per heavy atom. The van der Waals surface area contributed by atoms with Crippen molar-refractivity contribution in [2.75, 3.05) is 45.3 Å². The summed E-state index contributed by atoms with van der Waals surface area (Å²) in [7, 11) is 3.93. The van der Waals surface area contributed by atoms with E-state index in [1.165, 1.54) is 0 Å². The van der Waals surface area contributed by atoms with Gasteiger partial charge in [0.05, 0.1) is 18.9 Å². The van der Waals surface area contributed by atoms with Crippen LogP contribution in [0.2, 0.25) is 0 Å². The number of likely N-dealkylation sites (N-methyl/N-ethyl adjacent to an activating group) is 1. The van der Waals surface area contributed by atoms with Gasteiger partial charge in [-0.2, -0.15) is 0 Å². The summed E-state index contributed by atoms with van der Waals surface area (Å²) in [6.45, 7) is 3.82. The van der Waals surface area contributed by atoms with Gasteiger partial charge in [0.25, 0.3) is 5.91 Å². The maximum Gasteiger partial charge on any atom is 0.265 e. The zero-order valence-corrected chi connectivity index (χ0v) is 13.5. The smallest absolute Gasteiger partial charge is 0.265 e. The molecular formula is C16H24N2O4. The first-order valence-electron chi connectivity index (χ1n) is 7.55. The molecule has 0 atom stereocenters. The lowest BCUT2D eigenvalue weighted by atomic mass is 10.1. The van der Waals surface area contributed by atoms with Crippen molar-refractivity contribution in [3.8, 4) is 11.5 Å². The van der Waals surface area contributed by atoms with E-state index in [1.807, 2.05) is 25.9 Å². The summed E-state index contributed by atoms with van der Waals surface area (Å²) in [5, 5.41) is 9.45. The number of fused-ring (bicyclic) bond motifs is 1. The Bertz CT molecular complexity index is 531. The van der Waals surface area contributed by atoms with E-state index >= 15 is 0 Å². The van der Waals surface area contributed by atoms with E-state index in [9.17, 15) is 9.90 Å². The van der Waals surface area contributed by atoms with Crippen LogP contribution in [0.3, 0.4) is 0 Å². The van der Waals surface area contributed by atoms with Gasteiger partial charge < -0.3 is 24.4 Å². The highest BCUT2D eigenvalue weighted by Crippen LogP contribution is 2.41.